The molecule has 32 heavy (non-hydrogen) atoms. The zero-order valence-corrected chi connectivity index (χ0v) is 19.0. The average molecular weight is 435 g/mol. The lowest BCUT2D eigenvalue weighted by molar-refractivity contribution is -0.132. The monoisotopic (exact) mass is 434 g/mol. The highest BCUT2D eigenvalue weighted by molar-refractivity contribution is 5.76. The smallest absolute Gasteiger partial charge is 0.227 e. The molecule has 1 aliphatic heterocycles. The Bertz CT molecular complexity index is 1080. The summed E-state index contributed by atoms with van der Waals surface area (Å²) in [4.78, 5) is 23.8. The Morgan fingerprint density at radius 1 is 1.22 bits per heavy atom. The quantitative estimate of drug-likeness (QED) is 0.559. The number of para-hydroxylation sites is 1. The van der Waals surface area contributed by atoms with Gasteiger partial charge >= 0.3 is 0 Å². The lowest BCUT2D eigenvalue weighted by atomic mass is 9.92. The summed E-state index contributed by atoms with van der Waals surface area (Å²) in [6, 6.07) is 12.4. The molecule has 4 rings (SSSR count). The van der Waals surface area contributed by atoms with Gasteiger partial charge in [0.05, 0.1) is 7.11 Å². The third-order valence-corrected chi connectivity index (χ3v) is 5.93. The van der Waals surface area contributed by atoms with Gasteiger partial charge in [-0.25, -0.2) is 0 Å². The molecule has 0 bridgehead atoms. The summed E-state index contributed by atoms with van der Waals surface area (Å²) < 4.78 is 10.6. The molecule has 3 aromatic rings. The number of piperidine rings is 1. The van der Waals surface area contributed by atoms with Crippen molar-refractivity contribution in [2.45, 2.75) is 51.9 Å². The molecule has 7 nitrogen and oxygen atoms in total. The largest absolute Gasteiger partial charge is 0.496 e. The molecule has 168 valence electrons. The molecule has 0 radical (unpaired) electrons. The van der Waals surface area contributed by atoms with Gasteiger partial charge in [0.2, 0.25) is 11.8 Å². The molecule has 3 heterocycles. The third kappa shape index (κ3) is 5.33. The number of benzene rings is 1. The van der Waals surface area contributed by atoms with Crippen LogP contribution in [0, 0.1) is 13.8 Å². The first-order valence-electron chi connectivity index (χ1n) is 11.2. The van der Waals surface area contributed by atoms with Crippen LogP contribution in [0.5, 0.6) is 5.75 Å². The van der Waals surface area contributed by atoms with E-state index in [9.17, 15) is 4.79 Å². The van der Waals surface area contributed by atoms with Gasteiger partial charge in [0.15, 0.2) is 5.82 Å². The van der Waals surface area contributed by atoms with Gasteiger partial charge < -0.3 is 14.2 Å². The predicted octanol–water partition coefficient (Wildman–Crippen LogP) is 4.02. The van der Waals surface area contributed by atoms with Crippen LogP contribution in [0.15, 0.2) is 40.9 Å². The molecule has 0 N–H and O–H groups in total. The first-order chi connectivity index (χ1) is 15.5. The van der Waals surface area contributed by atoms with Crippen LogP contribution in [-0.2, 0) is 17.6 Å². The summed E-state index contributed by atoms with van der Waals surface area (Å²) in [5, 5.41) is 3.79. The van der Waals surface area contributed by atoms with Crippen LogP contribution >= 0.6 is 0 Å². The summed E-state index contributed by atoms with van der Waals surface area (Å²) in [5.41, 5.74) is 4.44. The number of nitrogens with zero attached hydrogens (tertiary/aromatic N) is 4. The Morgan fingerprint density at radius 3 is 2.84 bits per heavy atom. The number of rotatable bonds is 7. The molecule has 1 aromatic carbocycles. The molecule has 1 amide bonds. The number of carbonyl (C=O) groups excluding carboxylic acids is 1. The molecule has 0 aliphatic carbocycles. The Labute approximate surface area is 188 Å². The minimum absolute atomic E-state index is 0.132. The van der Waals surface area contributed by atoms with Crippen LogP contribution in [0.4, 0.5) is 0 Å². The van der Waals surface area contributed by atoms with Gasteiger partial charge in [0, 0.05) is 49.7 Å². The van der Waals surface area contributed by atoms with E-state index in [-0.39, 0.29) is 11.8 Å². The Hall–Kier alpha value is -3.22. The summed E-state index contributed by atoms with van der Waals surface area (Å²) in [6.07, 6.45) is 3.67. The van der Waals surface area contributed by atoms with Gasteiger partial charge in [0.25, 0.3) is 0 Å². The molecule has 1 saturated heterocycles. The maximum atomic E-state index is 12.8. The van der Waals surface area contributed by atoms with Crippen LogP contribution < -0.4 is 4.74 Å². The second-order valence-electron chi connectivity index (χ2n) is 8.44. The standard InChI is InChI=1S/C25H30N4O3/c1-17-13-19(14-20-7-4-5-9-23(20)31-3)15-22(26-17)21-8-6-12-29(16-21)25(30)11-10-24-27-18(2)28-32-24/h4-5,7,9,13,15,21H,6,8,10-12,14,16H2,1-3H3. The second-order valence-corrected chi connectivity index (χ2v) is 8.44. The number of hydrogen-bond acceptors (Lipinski definition) is 6. The highest BCUT2D eigenvalue weighted by Gasteiger charge is 2.26. The van der Waals surface area contributed by atoms with E-state index < -0.39 is 0 Å². The first kappa shape index (κ1) is 22.0. The Morgan fingerprint density at radius 2 is 2.06 bits per heavy atom. The van der Waals surface area contributed by atoms with E-state index in [0.29, 0.717) is 31.1 Å². The number of ether oxygens (including phenoxy) is 1. The number of aryl methyl sites for hydroxylation is 3. The third-order valence-electron chi connectivity index (χ3n) is 5.93. The van der Waals surface area contributed by atoms with Gasteiger partial charge in [0.1, 0.15) is 5.75 Å². The van der Waals surface area contributed by atoms with Crippen molar-refractivity contribution in [1.82, 2.24) is 20.0 Å². The zero-order valence-electron chi connectivity index (χ0n) is 19.0. The topological polar surface area (TPSA) is 81.4 Å². The fourth-order valence-corrected chi connectivity index (χ4v) is 4.41. The van der Waals surface area contributed by atoms with Crippen molar-refractivity contribution in [3.05, 3.63) is 70.6 Å². The summed E-state index contributed by atoms with van der Waals surface area (Å²) in [6.45, 7) is 5.30. The van der Waals surface area contributed by atoms with Crippen molar-refractivity contribution >= 4 is 5.91 Å². The highest BCUT2D eigenvalue weighted by atomic mass is 16.5. The first-order valence-corrected chi connectivity index (χ1v) is 11.2. The van der Waals surface area contributed by atoms with Crippen molar-refractivity contribution in [3.8, 4) is 5.75 Å². The van der Waals surface area contributed by atoms with E-state index in [2.05, 4.69) is 28.3 Å². The second kappa shape index (κ2) is 9.94. The normalized spacial score (nSPS) is 16.2. The minimum Gasteiger partial charge on any atom is -0.496 e. The van der Waals surface area contributed by atoms with Gasteiger partial charge in [-0.3, -0.25) is 9.78 Å². The van der Waals surface area contributed by atoms with Gasteiger partial charge in [-0.05, 0) is 56.0 Å². The van der Waals surface area contributed by atoms with Crippen molar-refractivity contribution in [3.63, 3.8) is 0 Å². The van der Waals surface area contributed by atoms with Gasteiger partial charge in [-0.1, -0.05) is 23.4 Å². The maximum Gasteiger partial charge on any atom is 0.227 e. The number of carbonyl (C=O) groups is 1. The van der Waals surface area contributed by atoms with E-state index in [1.54, 1.807) is 14.0 Å². The van der Waals surface area contributed by atoms with Crippen LogP contribution in [0.2, 0.25) is 0 Å². The molecule has 2 aromatic heterocycles. The van der Waals surface area contributed by atoms with Crippen LogP contribution in [0.25, 0.3) is 0 Å². The van der Waals surface area contributed by atoms with Gasteiger partial charge in [-0.2, -0.15) is 4.98 Å². The molecular formula is C25H30N4O3. The molecule has 7 heteroatoms. The van der Waals surface area contributed by atoms with Gasteiger partial charge in [-0.15, -0.1) is 0 Å². The fraction of sp³-hybridized carbons (Fsp3) is 0.440. The van der Waals surface area contributed by atoms with Crippen molar-refractivity contribution in [2.24, 2.45) is 0 Å². The molecule has 1 atom stereocenters. The molecular weight excluding hydrogens is 404 g/mol. The van der Waals surface area contributed by atoms with E-state index >= 15 is 0 Å². The fourth-order valence-electron chi connectivity index (χ4n) is 4.41. The predicted molar refractivity (Wildman–Crippen MR) is 121 cm³/mol. The number of hydrogen-bond donors (Lipinski definition) is 0. The number of methoxy groups -OCH3 is 1. The number of amides is 1. The van der Waals surface area contributed by atoms with Crippen molar-refractivity contribution < 1.29 is 14.1 Å². The summed E-state index contributed by atoms with van der Waals surface area (Å²) >= 11 is 0. The lowest BCUT2D eigenvalue weighted by Crippen LogP contribution is -2.39. The summed E-state index contributed by atoms with van der Waals surface area (Å²) in [7, 11) is 1.70. The van der Waals surface area contributed by atoms with E-state index in [4.69, 9.17) is 14.2 Å². The van der Waals surface area contributed by atoms with Crippen molar-refractivity contribution in [2.75, 3.05) is 20.2 Å². The van der Waals surface area contributed by atoms with Crippen molar-refractivity contribution in [1.29, 1.82) is 0 Å². The Kier molecular flexibility index (Phi) is 6.83. The van der Waals surface area contributed by atoms with E-state index in [1.807, 2.05) is 30.0 Å². The summed E-state index contributed by atoms with van der Waals surface area (Å²) in [5.74, 6) is 2.39. The molecule has 0 saturated carbocycles. The van der Waals surface area contributed by atoms with Crippen LogP contribution in [0.3, 0.4) is 0 Å². The maximum absolute atomic E-state index is 12.8. The zero-order chi connectivity index (χ0) is 22.5. The minimum atomic E-state index is 0.132. The SMILES string of the molecule is COc1ccccc1Cc1cc(C)nc(C2CCCN(C(=O)CCc3nc(C)no3)C2)c1. The number of aromatic nitrogens is 3. The highest BCUT2D eigenvalue weighted by Crippen LogP contribution is 2.28. The van der Waals surface area contributed by atoms with E-state index in [1.165, 1.54) is 5.56 Å². The van der Waals surface area contributed by atoms with Crippen LogP contribution in [-0.4, -0.2) is 46.1 Å². The lowest BCUT2D eigenvalue weighted by Gasteiger charge is -2.33. The molecule has 1 fully saturated rings. The Balaban J connectivity index is 1.44. The van der Waals surface area contributed by atoms with Crippen LogP contribution in [0.1, 0.15) is 59.4 Å². The molecule has 0 spiro atoms. The number of likely N-dealkylation sites (tertiary alicyclic amines) is 1. The number of pyridine rings is 1. The molecule has 1 aliphatic rings. The molecule has 1 unspecified atom stereocenters. The van der Waals surface area contributed by atoms with E-state index in [0.717, 1.165) is 48.5 Å². The average Bonchev–Trinajstić information content (AvgIpc) is 3.22.